The Kier molecular flexibility index (Phi) is 28.1. The molecule has 4 aromatic rings. The van der Waals surface area contributed by atoms with Gasteiger partial charge in [0, 0.05) is 84.1 Å². The number of piperidine rings is 1. The third-order valence-corrected chi connectivity index (χ3v) is 15.0. The minimum absolute atomic E-state index is 0. The summed E-state index contributed by atoms with van der Waals surface area (Å²) >= 11 is 0. The monoisotopic (exact) mass is 1050 g/mol. The predicted octanol–water partition coefficient (Wildman–Crippen LogP) is 9.86. The molecule has 13 heteroatoms. The number of nitrogens with two attached hydrogens (primary N) is 1. The molecule has 11 nitrogen and oxygen atoms in total. The van der Waals surface area contributed by atoms with Crippen molar-refractivity contribution in [3.8, 4) is 5.69 Å². The minimum Gasteiger partial charge on any atom is -0.540 e. The number of halogens is 1. The molecule has 2 unspecified atom stereocenters. The van der Waals surface area contributed by atoms with E-state index in [1.54, 1.807) is 41.0 Å². The smallest absolute Gasteiger partial charge is 0.540 e. The van der Waals surface area contributed by atoms with E-state index in [1.165, 1.54) is 70.2 Å². The summed E-state index contributed by atoms with van der Waals surface area (Å²) in [7, 11) is 1.78. The summed E-state index contributed by atoms with van der Waals surface area (Å²) in [6.07, 6.45) is 20.3. The number of pyridine rings is 2. The second kappa shape index (κ2) is 32.2. The Labute approximate surface area is 493 Å². The van der Waals surface area contributed by atoms with Crippen molar-refractivity contribution < 1.29 is 70.2 Å². The molecule has 3 N–H and O–H groups in total. The Hall–Kier alpha value is -3.82. The van der Waals surface area contributed by atoms with Gasteiger partial charge in [0.25, 0.3) is 5.56 Å². The fourth-order valence-corrected chi connectivity index (χ4v) is 10.6. The molecule has 2 fully saturated rings. The fourth-order valence-electron chi connectivity index (χ4n) is 10.6. The van der Waals surface area contributed by atoms with Crippen LogP contribution in [0.5, 0.6) is 0 Å². The zero-order valence-electron chi connectivity index (χ0n) is 48.2. The third-order valence-electron chi connectivity index (χ3n) is 15.0. The molecule has 75 heavy (non-hydrogen) atoms. The molecule has 3 aliphatic rings. The van der Waals surface area contributed by atoms with Gasteiger partial charge in [-0.25, -0.2) is 10.7 Å². The van der Waals surface area contributed by atoms with Crippen LogP contribution in [0.1, 0.15) is 184 Å². The van der Waals surface area contributed by atoms with Crippen molar-refractivity contribution in [1.29, 1.82) is 0 Å². The second-order valence-electron chi connectivity index (χ2n) is 20.3. The van der Waals surface area contributed by atoms with E-state index in [1.807, 2.05) is 51.3 Å². The number of carbonyl (C=O) groups is 2. The molecule has 1 spiro atoms. The molecule has 2 aromatic carbocycles. The number of anilines is 3. The molecule has 0 radical (unpaired) electrons. The molecule has 2 aliphatic heterocycles. The normalized spacial score (nSPS) is 15.7. The van der Waals surface area contributed by atoms with Crippen LogP contribution in [-0.4, -0.2) is 89.2 Å². The number of hydrogen-bond donors (Lipinski definition) is 2. The van der Waals surface area contributed by atoms with Crippen LogP contribution in [0.2, 0.25) is 0 Å². The summed E-state index contributed by atoms with van der Waals surface area (Å²) in [5.74, 6) is 0.433. The molecule has 1 saturated carbocycles. The van der Waals surface area contributed by atoms with Gasteiger partial charge in [0.2, 0.25) is 5.91 Å². The Balaban J connectivity index is 0.000000326. The van der Waals surface area contributed by atoms with Crippen LogP contribution in [0.4, 0.5) is 21.5 Å². The third kappa shape index (κ3) is 17.1. The maximum Gasteiger partial charge on any atom is 1.00 e. The molecule has 2 atom stereocenters. The number of benzene rings is 2. The second-order valence-corrected chi connectivity index (χ2v) is 20.3. The molecular weight excluding hydrogens is 965 g/mol. The summed E-state index contributed by atoms with van der Waals surface area (Å²) in [4.78, 5) is 59.2. The summed E-state index contributed by atoms with van der Waals surface area (Å²) in [5.41, 5.74) is 14.6. The zero-order valence-corrected chi connectivity index (χ0v) is 51.3. The number of Topliss-reactive ketones (excluding diaryl/α,β-unsaturated/α-hetero) is 1. The first kappa shape index (κ1) is 65.5. The molecule has 1 saturated heterocycles. The van der Waals surface area contributed by atoms with Crippen molar-refractivity contribution in [3.05, 3.63) is 123 Å². The van der Waals surface area contributed by atoms with Crippen LogP contribution in [0.3, 0.4) is 0 Å². The number of fused-ring (bicyclic) bond motifs is 2. The number of ketones is 1. The van der Waals surface area contributed by atoms with Gasteiger partial charge in [-0.3, -0.25) is 28.8 Å². The maximum atomic E-state index is 14.8. The number of nitrogen functional groups attached to an aromatic ring is 1. The van der Waals surface area contributed by atoms with E-state index in [9.17, 15) is 23.6 Å². The summed E-state index contributed by atoms with van der Waals surface area (Å²) < 4.78 is 16.4. The number of nitrogens with zero attached hydrogens (tertiary/aromatic N) is 5. The molecule has 7 rings (SSSR count). The average molecular weight is 1060 g/mol. The minimum atomic E-state index is -0.557. The summed E-state index contributed by atoms with van der Waals surface area (Å²) in [5, 5.41) is 2.99. The number of hydrogen-bond acceptors (Lipinski definition) is 9. The summed E-state index contributed by atoms with van der Waals surface area (Å²) in [6, 6.07) is 14.5. The molecule has 1 aliphatic carbocycles. The van der Waals surface area contributed by atoms with Crippen LogP contribution in [0.25, 0.3) is 11.8 Å². The van der Waals surface area contributed by atoms with Crippen LogP contribution < -0.4 is 72.9 Å². The number of likely N-dealkylation sites (tertiary alicyclic amines) is 1. The fraction of sp³-hybridized carbons (Fsp3) is 0.548. The molecule has 4 heterocycles. The Morgan fingerprint density at radius 2 is 1.65 bits per heavy atom. The largest absolute Gasteiger partial charge is 1.00 e. The molecular formula is C62H90FKN7O4-. The topological polar surface area (TPSA) is 134 Å². The van der Waals surface area contributed by atoms with Gasteiger partial charge in [0.05, 0.1) is 11.1 Å². The summed E-state index contributed by atoms with van der Waals surface area (Å²) in [6.45, 7) is 31.9. The van der Waals surface area contributed by atoms with Gasteiger partial charge in [0.1, 0.15) is 5.82 Å². The van der Waals surface area contributed by atoms with E-state index in [2.05, 4.69) is 87.6 Å². The molecule has 1 amide bonds. The average Bonchev–Trinajstić information content (AvgIpc) is 4.17. The van der Waals surface area contributed by atoms with Gasteiger partial charge < -0.3 is 32.6 Å². The van der Waals surface area contributed by atoms with E-state index in [0.717, 1.165) is 103 Å². The van der Waals surface area contributed by atoms with Crippen molar-refractivity contribution >= 4 is 41.1 Å². The van der Waals surface area contributed by atoms with Gasteiger partial charge in [-0.05, 0) is 158 Å². The number of amides is 1. The van der Waals surface area contributed by atoms with Gasteiger partial charge in [-0.1, -0.05) is 91.1 Å². The van der Waals surface area contributed by atoms with Gasteiger partial charge in [-0.15, -0.1) is 0 Å². The number of rotatable bonds is 21. The predicted molar refractivity (Wildman–Crippen MR) is 307 cm³/mol. The Morgan fingerprint density at radius 3 is 2.17 bits per heavy atom. The number of aromatic nitrogens is 2. The first-order valence-electron chi connectivity index (χ1n) is 27.8. The van der Waals surface area contributed by atoms with E-state index in [0.29, 0.717) is 23.2 Å². The van der Waals surface area contributed by atoms with Crippen molar-refractivity contribution in [1.82, 2.24) is 19.4 Å². The number of carbonyl (C=O) groups excluding carboxylic acids is 3. The van der Waals surface area contributed by atoms with E-state index in [4.69, 9.17) is 5.73 Å². The first-order chi connectivity index (χ1) is 35.5. The number of nitrogens with one attached hydrogen (secondary N) is 1. The Bertz CT molecular complexity index is 2520. The first-order valence-corrected chi connectivity index (χ1v) is 27.8. The van der Waals surface area contributed by atoms with Gasteiger partial charge in [0.15, 0.2) is 5.78 Å². The van der Waals surface area contributed by atoms with Crippen molar-refractivity contribution in [2.75, 3.05) is 55.7 Å². The SMILES string of the molecule is CC.CCCC(CCC)CN(CCC)C(C)CC.CNc1ccn(-c2ccnc(C)c2/C=C(\C)CN2CCC(c3c(N)cc(C(C)=O)cc3F)CC2)c(=O)c1.[CH2-]CC([C-]=O)N1C(=O)C2(CC2)c2cc(CC)ccc21.[K+]. The van der Waals surface area contributed by atoms with Crippen LogP contribution in [0.15, 0.2) is 71.3 Å². The van der Waals surface area contributed by atoms with Crippen molar-refractivity contribution in [2.24, 2.45) is 5.92 Å². The molecule has 2 aromatic heterocycles. The van der Waals surface area contributed by atoms with Crippen molar-refractivity contribution in [2.45, 2.75) is 177 Å². The van der Waals surface area contributed by atoms with Gasteiger partial charge in [-0.2, -0.15) is 6.42 Å². The van der Waals surface area contributed by atoms with Crippen LogP contribution in [-0.2, 0) is 21.4 Å². The van der Waals surface area contributed by atoms with Gasteiger partial charge >= 0.3 is 51.4 Å². The van der Waals surface area contributed by atoms with Crippen LogP contribution >= 0.6 is 0 Å². The van der Waals surface area contributed by atoms with E-state index >= 15 is 0 Å². The number of aryl methyl sites for hydroxylation is 2. The quantitative estimate of drug-likeness (QED) is 0.0362. The standard InChI is InChI=1S/C29H34FN5O2.C16H17NO2.C15H33N.C2H6.K/c1-18(13-24-19(2)33-9-5-27(24)35-12-8-23(32-4)16-28(35)37)17-34-10-6-21(7-11-34)29-25(30)14-22(20(3)36)15-26(29)31;1-3-11-5-6-14-13(9-11)16(7-8-16)15(19)17(14)12(4-2)10-18;1-6-10-15(11-7-2)13-16(12-8-3)14(5)9-4;1-2;/h5,8-9,12-16,21,32H,6-7,10-11,17,31H2,1-4H3;5-6,9,12H,2-4,7-8H2,1H3;14-15H,6-13H2,1-5H3;1-2H3;/q;-2;;;+1/b18-13+;;;;. The Morgan fingerprint density at radius 1 is 0.987 bits per heavy atom. The van der Waals surface area contributed by atoms with E-state index in [-0.39, 0.29) is 80.0 Å². The van der Waals surface area contributed by atoms with Crippen LogP contribution in [0, 0.1) is 25.6 Å². The molecule has 406 valence electrons. The maximum absolute atomic E-state index is 14.8. The van der Waals surface area contributed by atoms with Crippen molar-refractivity contribution in [3.63, 3.8) is 0 Å². The van der Waals surface area contributed by atoms with E-state index < -0.39 is 11.9 Å². The molecule has 0 bridgehead atoms. The zero-order chi connectivity index (χ0) is 54.7.